The minimum absolute atomic E-state index is 0.861. The summed E-state index contributed by atoms with van der Waals surface area (Å²) in [6, 6.07) is 9.48. The van der Waals surface area contributed by atoms with Gasteiger partial charge in [0.1, 0.15) is 0 Å². The molecule has 0 N–H and O–H groups in total. The summed E-state index contributed by atoms with van der Waals surface area (Å²) in [7, 11) is 0. The van der Waals surface area contributed by atoms with Crippen molar-refractivity contribution in [2.45, 2.75) is 45.2 Å². The third-order valence-electron chi connectivity index (χ3n) is 5.18. The number of hydrogen-bond acceptors (Lipinski definition) is 2. The lowest BCUT2D eigenvalue weighted by atomic mass is 9.86. The molecule has 2 aliphatic rings. The molecule has 0 amide bonds. The molecular weight excluding hydrogens is 324 g/mol. The fraction of sp³-hybridized carbons (Fsp3) is 0.667. The smallest absolute Gasteiger partial charge is 0.0246 e. The summed E-state index contributed by atoms with van der Waals surface area (Å²) in [6.07, 6.45) is 5.72. The maximum absolute atomic E-state index is 3.67. The largest absolute Gasteiger partial charge is 0.298 e. The Bertz CT molecular complexity index is 454. The summed E-state index contributed by atoms with van der Waals surface area (Å²) < 4.78 is 1.24. The van der Waals surface area contributed by atoms with Crippen molar-refractivity contribution < 1.29 is 0 Å². The van der Waals surface area contributed by atoms with E-state index in [-0.39, 0.29) is 0 Å². The van der Waals surface area contributed by atoms with E-state index in [4.69, 9.17) is 0 Å². The summed E-state index contributed by atoms with van der Waals surface area (Å²) in [5.74, 6) is 0.932. The summed E-state index contributed by atoms with van der Waals surface area (Å²) in [4.78, 5) is 5.36. The Morgan fingerprint density at radius 2 is 1.86 bits per heavy atom. The Kier molecular flexibility index (Phi) is 5.36. The first-order valence-corrected chi connectivity index (χ1v) is 9.21. The zero-order chi connectivity index (χ0) is 14.7. The van der Waals surface area contributed by atoms with Crippen molar-refractivity contribution >= 4 is 15.9 Å². The zero-order valence-electron chi connectivity index (χ0n) is 13.1. The Balaban J connectivity index is 1.50. The molecule has 3 rings (SSSR count). The van der Waals surface area contributed by atoms with Gasteiger partial charge in [0.25, 0.3) is 0 Å². The molecule has 2 fully saturated rings. The van der Waals surface area contributed by atoms with Crippen molar-refractivity contribution in [1.82, 2.24) is 9.80 Å². The quantitative estimate of drug-likeness (QED) is 0.807. The Morgan fingerprint density at radius 1 is 1.10 bits per heavy atom. The van der Waals surface area contributed by atoms with Crippen LogP contribution in [0.15, 0.2) is 28.7 Å². The van der Waals surface area contributed by atoms with Crippen LogP contribution in [-0.2, 0) is 6.54 Å². The molecular formula is C18H27BrN2. The van der Waals surface area contributed by atoms with Gasteiger partial charge in [-0.2, -0.15) is 0 Å². The van der Waals surface area contributed by atoms with Gasteiger partial charge in [0.05, 0.1) is 0 Å². The highest BCUT2D eigenvalue weighted by Gasteiger charge is 2.27. The lowest BCUT2D eigenvalue weighted by Crippen LogP contribution is -2.50. The molecule has 1 aromatic carbocycles. The molecule has 1 aliphatic carbocycles. The van der Waals surface area contributed by atoms with Gasteiger partial charge < -0.3 is 0 Å². The third kappa shape index (κ3) is 4.08. The third-order valence-corrected chi connectivity index (χ3v) is 5.96. The minimum atomic E-state index is 0.861. The normalized spacial score (nSPS) is 28.7. The Morgan fingerprint density at radius 3 is 2.57 bits per heavy atom. The van der Waals surface area contributed by atoms with Gasteiger partial charge >= 0.3 is 0 Å². The van der Waals surface area contributed by atoms with Crippen LogP contribution in [0.4, 0.5) is 0 Å². The molecule has 2 atom stereocenters. The molecule has 0 bridgehead atoms. The van der Waals surface area contributed by atoms with Crippen LogP contribution in [0, 0.1) is 5.92 Å². The summed E-state index contributed by atoms with van der Waals surface area (Å²) in [5, 5.41) is 0. The first-order chi connectivity index (χ1) is 10.2. The van der Waals surface area contributed by atoms with Crippen molar-refractivity contribution in [3.8, 4) is 0 Å². The summed E-state index contributed by atoms with van der Waals surface area (Å²) in [5.41, 5.74) is 1.41. The lowest BCUT2D eigenvalue weighted by Gasteiger charge is -2.42. The van der Waals surface area contributed by atoms with E-state index >= 15 is 0 Å². The van der Waals surface area contributed by atoms with Crippen molar-refractivity contribution in [2.75, 3.05) is 26.2 Å². The maximum Gasteiger partial charge on any atom is 0.0246 e. The molecule has 116 valence electrons. The molecule has 2 nitrogen and oxygen atoms in total. The van der Waals surface area contributed by atoms with E-state index in [1.807, 2.05) is 0 Å². The Hall–Kier alpha value is -0.380. The number of nitrogens with zero attached hydrogens (tertiary/aromatic N) is 2. The number of halogens is 1. The first-order valence-electron chi connectivity index (χ1n) is 8.42. The van der Waals surface area contributed by atoms with Crippen molar-refractivity contribution in [1.29, 1.82) is 0 Å². The van der Waals surface area contributed by atoms with Crippen LogP contribution < -0.4 is 0 Å². The Labute approximate surface area is 137 Å². The molecule has 21 heavy (non-hydrogen) atoms. The van der Waals surface area contributed by atoms with Gasteiger partial charge in [0, 0.05) is 43.2 Å². The monoisotopic (exact) mass is 350 g/mol. The molecule has 0 spiro atoms. The highest BCUT2D eigenvalue weighted by Crippen LogP contribution is 2.28. The number of piperazine rings is 1. The van der Waals surface area contributed by atoms with E-state index in [0.717, 1.165) is 18.5 Å². The predicted molar refractivity (Wildman–Crippen MR) is 92.4 cm³/mol. The fourth-order valence-corrected chi connectivity index (χ4v) is 4.30. The molecule has 1 saturated carbocycles. The van der Waals surface area contributed by atoms with Crippen molar-refractivity contribution in [2.24, 2.45) is 5.92 Å². The minimum Gasteiger partial charge on any atom is -0.298 e. The van der Waals surface area contributed by atoms with Crippen LogP contribution in [-0.4, -0.2) is 42.0 Å². The SMILES string of the molecule is C[C@@H]1CCC[C@H](N2CCN(Cc3ccccc3Br)CC2)C1. The average Bonchev–Trinajstić information content (AvgIpc) is 2.50. The van der Waals surface area contributed by atoms with Crippen LogP contribution >= 0.6 is 15.9 Å². The van der Waals surface area contributed by atoms with Gasteiger partial charge in [-0.3, -0.25) is 9.80 Å². The van der Waals surface area contributed by atoms with Gasteiger partial charge in [-0.1, -0.05) is 53.9 Å². The second-order valence-electron chi connectivity index (χ2n) is 6.83. The van der Waals surface area contributed by atoms with Crippen LogP contribution in [0.5, 0.6) is 0 Å². The number of hydrogen-bond donors (Lipinski definition) is 0. The van der Waals surface area contributed by atoms with Gasteiger partial charge in [0.2, 0.25) is 0 Å². The molecule has 0 aromatic heterocycles. The predicted octanol–water partition coefficient (Wildman–Crippen LogP) is 4.15. The van der Waals surface area contributed by atoms with Gasteiger partial charge in [-0.25, -0.2) is 0 Å². The zero-order valence-corrected chi connectivity index (χ0v) is 14.7. The molecule has 3 heteroatoms. The van der Waals surface area contributed by atoms with Crippen LogP contribution in [0.25, 0.3) is 0 Å². The summed E-state index contributed by atoms with van der Waals surface area (Å²) >= 11 is 3.67. The maximum atomic E-state index is 3.67. The van der Waals surface area contributed by atoms with E-state index in [1.165, 1.54) is 61.9 Å². The average molecular weight is 351 g/mol. The highest BCUT2D eigenvalue weighted by atomic mass is 79.9. The van der Waals surface area contributed by atoms with E-state index < -0.39 is 0 Å². The molecule has 1 aromatic rings. The van der Waals surface area contributed by atoms with E-state index in [9.17, 15) is 0 Å². The summed E-state index contributed by atoms with van der Waals surface area (Å²) in [6.45, 7) is 8.44. The van der Waals surface area contributed by atoms with Crippen molar-refractivity contribution in [3.63, 3.8) is 0 Å². The van der Waals surface area contributed by atoms with Crippen LogP contribution in [0.3, 0.4) is 0 Å². The lowest BCUT2D eigenvalue weighted by molar-refractivity contribution is 0.0658. The number of benzene rings is 1. The number of rotatable bonds is 3. The molecule has 1 heterocycles. The fourth-order valence-electron chi connectivity index (χ4n) is 3.89. The van der Waals surface area contributed by atoms with Gasteiger partial charge in [0.15, 0.2) is 0 Å². The van der Waals surface area contributed by atoms with E-state index in [2.05, 4.69) is 56.9 Å². The van der Waals surface area contributed by atoms with E-state index in [1.54, 1.807) is 0 Å². The first kappa shape index (κ1) is 15.5. The van der Waals surface area contributed by atoms with E-state index in [0.29, 0.717) is 0 Å². The standard InChI is InChI=1S/C18H27BrN2/c1-15-5-4-7-17(13-15)21-11-9-20(10-12-21)14-16-6-2-3-8-18(16)19/h2-3,6,8,15,17H,4-5,7,9-14H2,1H3/t15-,17+/m1/s1. The van der Waals surface area contributed by atoms with Gasteiger partial charge in [-0.15, -0.1) is 0 Å². The molecule has 1 aliphatic heterocycles. The van der Waals surface area contributed by atoms with Gasteiger partial charge in [-0.05, 0) is 30.4 Å². The second kappa shape index (κ2) is 7.26. The van der Waals surface area contributed by atoms with Crippen LogP contribution in [0.1, 0.15) is 38.2 Å². The highest BCUT2D eigenvalue weighted by molar-refractivity contribution is 9.10. The topological polar surface area (TPSA) is 6.48 Å². The second-order valence-corrected chi connectivity index (χ2v) is 7.68. The van der Waals surface area contributed by atoms with Crippen LogP contribution in [0.2, 0.25) is 0 Å². The molecule has 0 radical (unpaired) electrons. The van der Waals surface area contributed by atoms with Crippen molar-refractivity contribution in [3.05, 3.63) is 34.3 Å². The molecule has 1 saturated heterocycles. The molecule has 0 unspecified atom stereocenters.